The van der Waals surface area contributed by atoms with E-state index in [1.54, 1.807) is 0 Å². The molecule has 3 N–H and O–H groups in total. The predicted octanol–water partition coefficient (Wildman–Crippen LogP) is 5.83. The molecule has 0 spiro atoms. The van der Waals surface area contributed by atoms with Crippen LogP contribution in [0.4, 0.5) is 11.6 Å². The van der Waals surface area contributed by atoms with Gasteiger partial charge in [0.25, 0.3) is 0 Å². The highest BCUT2D eigenvalue weighted by Crippen LogP contribution is 2.37. The second-order valence-corrected chi connectivity index (χ2v) is 10.0. The van der Waals surface area contributed by atoms with E-state index in [4.69, 9.17) is 23.9 Å². The Hall–Kier alpha value is -3.95. The first-order valence-electron chi connectivity index (χ1n) is 13.0. The topological polar surface area (TPSA) is 110 Å². The molecule has 1 aliphatic heterocycles. The minimum absolute atomic E-state index is 0.0600. The van der Waals surface area contributed by atoms with Gasteiger partial charge in [-0.3, -0.25) is 0 Å². The highest BCUT2D eigenvalue weighted by molar-refractivity contribution is 5.99. The summed E-state index contributed by atoms with van der Waals surface area (Å²) in [5, 5.41) is 7.51. The molecular formula is C29H32N6O3. The molecule has 0 amide bonds. The van der Waals surface area contributed by atoms with E-state index in [9.17, 15) is 0 Å². The number of nitrogens with zero attached hydrogens (tertiary/aromatic N) is 3. The molecule has 0 unspecified atom stereocenters. The van der Waals surface area contributed by atoms with Gasteiger partial charge in [0.15, 0.2) is 11.5 Å². The molecule has 38 heavy (non-hydrogen) atoms. The molecule has 0 bridgehead atoms. The lowest BCUT2D eigenvalue weighted by Gasteiger charge is -2.17. The van der Waals surface area contributed by atoms with Crippen molar-refractivity contribution in [2.24, 2.45) is 0 Å². The maximum Gasteiger partial charge on any atom is 0.232 e. The monoisotopic (exact) mass is 512 g/mol. The van der Waals surface area contributed by atoms with Crippen molar-refractivity contribution in [1.29, 1.82) is 0 Å². The standard InChI is InChI=1S/C29H32N6O3/c1-16(2)21-11-18(13-30-4)5-7-23(21)33-29-34-27-26(28(35-29)38-20-9-10-36-15-20)22(14-31-27)19-6-8-24-25(12-19)37-17(3)32-24/h5-8,11-12,14,16,20,30H,9-10,13,15H2,1-4H3,(H2,31,33,34,35)/t20-/m0/s1. The third kappa shape index (κ3) is 4.70. The number of H-pyrrole nitrogens is 1. The molecule has 9 heteroatoms. The first-order chi connectivity index (χ1) is 18.5. The number of hydrogen-bond acceptors (Lipinski definition) is 8. The van der Waals surface area contributed by atoms with Crippen LogP contribution in [0, 0.1) is 6.92 Å². The summed E-state index contributed by atoms with van der Waals surface area (Å²) in [5.41, 5.74) is 7.59. The summed E-state index contributed by atoms with van der Waals surface area (Å²) in [7, 11) is 1.95. The SMILES string of the molecule is CNCc1ccc(Nc2nc(O[C@H]3CCOC3)c3c(-c4ccc5nc(C)oc5c4)c[nH]c3n2)c(C(C)C)c1. The van der Waals surface area contributed by atoms with E-state index in [2.05, 4.69) is 52.6 Å². The lowest BCUT2D eigenvalue weighted by Crippen LogP contribution is -2.17. The number of oxazole rings is 1. The Morgan fingerprint density at radius 1 is 1.13 bits per heavy atom. The Morgan fingerprint density at radius 3 is 2.82 bits per heavy atom. The Labute approximate surface area is 221 Å². The van der Waals surface area contributed by atoms with Crippen molar-refractivity contribution in [2.45, 2.75) is 45.8 Å². The van der Waals surface area contributed by atoms with Gasteiger partial charge < -0.3 is 29.5 Å². The van der Waals surface area contributed by atoms with Crippen molar-refractivity contribution in [3.8, 4) is 17.0 Å². The molecule has 3 aromatic heterocycles. The van der Waals surface area contributed by atoms with E-state index in [-0.39, 0.29) is 6.10 Å². The average molecular weight is 513 g/mol. The Morgan fingerprint density at radius 2 is 2.03 bits per heavy atom. The van der Waals surface area contributed by atoms with E-state index >= 15 is 0 Å². The van der Waals surface area contributed by atoms with Crippen molar-refractivity contribution in [3.05, 3.63) is 59.6 Å². The largest absolute Gasteiger partial charge is 0.471 e. The molecule has 0 aliphatic carbocycles. The first kappa shape index (κ1) is 24.4. The van der Waals surface area contributed by atoms with Crippen LogP contribution < -0.4 is 15.4 Å². The summed E-state index contributed by atoms with van der Waals surface area (Å²) in [6.45, 7) is 8.26. The molecule has 6 rings (SSSR count). The van der Waals surface area contributed by atoms with Crippen LogP contribution in [0.5, 0.6) is 5.88 Å². The van der Waals surface area contributed by atoms with Gasteiger partial charge in [-0.1, -0.05) is 32.0 Å². The van der Waals surface area contributed by atoms with Crippen molar-refractivity contribution in [1.82, 2.24) is 25.3 Å². The zero-order valence-electron chi connectivity index (χ0n) is 22.1. The quantitative estimate of drug-likeness (QED) is 0.238. The number of nitrogens with one attached hydrogen (secondary N) is 3. The second-order valence-electron chi connectivity index (χ2n) is 10.0. The minimum atomic E-state index is -0.0600. The highest BCUT2D eigenvalue weighted by atomic mass is 16.5. The van der Waals surface area contributed by atoms with Crippen LogP contribution in [0.1, 0.15) is 43.2 Å². The molecule has 2 aromatic carbocycles. The number of hydrogen-bond donors (Lipinski definition) is 3. The second kappa shape index (κ2) is 10.1. The van der Waals surface area contributed by atoms with E-state index in [0.717, 1.165) is 46.3 Å². The number of aromatic amines is 1. The van der Waals surface area contributed by atoms with Crippen LogP contribution >= 0.6 is 0 Å². The summed E-state index contributed by atoms with van der Waals surface area (Å²) in [4.78, 5) is 17.5. The molecule has 1 atom stereocenters. The number of ether oxygens (including phenoxy) is 2. The third-order valence-electron chi connectivity index (χ3n) is 6.84. The van der Waals surface area contributed by atoms with Gasteiger partial charge in [0, 0.05) is 37.3 Å². The van der Waals surface area contributed by atoms with Crippen molar-refractivity contribution >= 4 is 33.8 Å². The zero-order chi connectivity index (χ0) is 26.2. The number of anilines is 2. The van der Waals surface area contributed by atoms with Crippen molar-refractivity contribution in [3.63, 3.8) is 0 Å². The fourth-order valence-electron chi connectivity index (χ4n) is 4.98. The normalized spacial score (nSPS) is 15.7. The number of aryl methyl sites for hydroxylation is 1. The fourth-order valence-corrected chi connectivity index (χ4v) is 4.98. The van der Waals surface area contributed by atoms with Crippen LogP contribution in [0.2, 0.25) is 0 Å². The third-order valence-corrected chi connectivity index (χ3v) is 6.84. The van der Waals surface area contributed by atoms with Gasteiger partial charge in [-0.25, -0.2) is 4.98 Å². The maximum atomic E-state index is 6.43. The van der Waals surface area contributed by atoms with Crippen LogP contribution in [0.15, 0.2) is 47.0 Å². The molecule has 196 valence electrons. The molecule has 9 nitrogen and oxygen atoms in total. The summed E-state index contributed by atoms with van der Waals surface area (Å²) in [6, 6.07) is 12.4. The molecule has 0 radical (unpaired) electrons. The molecule has 0 saturated carbocycles. The van der Waals surface area contributed by atoms with Gasteiger partial charge in [-0.05, 0) is 47.9 Å². The lowest BCUT2D eigenvalue weighted by molar-refractivity contribution is 0.139. The van der Waals surface area contributed by atoms with E-state index in [1.807, 2.05) is 38.4 Å². The number of aromatic nitrogens is 4. The Bertz CT molecular complexity index is 1600. The minimum Gasteiger partial charge on any atom is -0.471 e. The summed E-state index contributed by atoms with van der Waals surface area (Å²) < 4.78 is 17.8. The molecule has 4 heterocycles. The van der Waals surface area contributed by atoms with Gasteiger partial charge in [0.05, 0.1) is 18.6 Å². The smallest absolute Gasteiger partial charge is 0.232 e. The number of fused-ring (bicyclic) bond motifs is 2. The van der Waals surface area contributed by atoms with E-state index in [0.29, 0.717) is 42.5 Å². The Balaban J connectivity index is 1.43. The first-order valence-corrected chi connectivity index (χ1v) is 13.0. The van der Waals surface area contributed by atoms with Gasteiger partial charge in [0.2, 0.25) is 11.8 Å². The molecular weight excluding hydrogens is 480 g/mol. The van der Waals surface area contributed by atoms with E-state index in [1.165, 1.54) is 11.1 Å². The van der Waals surface area contributed by atoms with Gasteiger partial charge in [0.1, 0.15) is 17.3 Å². The molecule has 1 fully saturated rings. The fraction of sp³-hybridized carbons (Fsp3) is 0.345. The van der Waals surface area contributed by atoms with Gasteiger partial charge in [-0.15, -0.1) is 0 Å². The maximum absolute atomic E-state index is 6.43. The average Bonchev–Trinajstić information content (AvgIpc) is 3.64. The van der Waals surface area contributed by atoms with E-state index < -0.39 is 0 Å². The molecule has 5 aromatic rings. The number of benzene rings is 2. The van der Waals surface area contributed by atoms with Crippen molar-refractivity contribution in [2.75, 3.05) is 25.6 Å². The zero-order valence-corrected chi connectivity index (χ0v) is 22.1. The van der Waals surface area contributed by atoms with Crippen LogP contribution in [0.3, 0.4) is 0 Å². The van der Waals surface area contributed by atoms with Crippen LogP contribution in [0.25, 0.3) is 33.3 Å². The molecule has 1 saturated heterocycles. The molecule has 1 aliphatic rings. The summed E-state index contributed by atoms with van der Waals surface area (Å²) in [5.74, 6) is 1.97. The predicted molar refractivity (Wildman–Crippen MR) is 148 cm³/mol. The van der Waals surface area contributed by atoms with Gasteiger partial charge in [-0.2, -0.15) is 9.97 Å². The number of rotatable bonds is 8. The van der Waals surface area contributed by atoms with Crippen LogP contribution in [-0.4, -0.2) is 46.3 Å². The van der Waals surface area contributed by atoms with Crippen molar-refractivity contribution < 1.29 is 13.9 Å². The summed E-state index contributed by atoms with van der Waals surface area (Å²) in [6.07, 6.45) is 2.70. The van der Waals surface area contributed by atoms with Crippen LogP contribution in [-0.2, 0) is 11.3 Å². The lowest BCUT2D eigenvalue weighted by atomic mass is 9.98. The van der Waals surface area contributed by atoms with Gasteiger partial charge >= 0.3 is 0 Å². The Kier molecular flexibility index (Phi) is 6.47. The summed E-state index contributed by atoms with van der Waals surface area (Å²) >= 11 is 0. The highest BCUT2D eigenvalue weighted by Gasteiger charge is 2.23.